The van der Waals surface area contributed by atoms with Crippen LogP contribution in [0, 0.1) is 5.92 Å². The summed E-state index contributed by atoms with van der Waals surface area (Å²) in [6.07, 6.45) is 5.66. The second-order valence-electron chi connectivity index (χ2n) is 3.85. The van der Waals surface area contributed by atoms with E-state index in [-0.39, 0.29) is 0 Å². The first kappa shape index (κ1) is 13.8. The van der Waals surface area contributed by atoms with Gasteiger partial charge in [-0.25, -0.2) is 0 Å². The van der Waals surface area contributed by atoms with Crippen LogP contribution in [0.15, 0.2) is 18.5 Å². The first-order valence-electron chi connectivity index (χ1n) is 5.63. The number of pyridine rings is 1. The minimum Gasteiger partial charge on any atom is -0.312 e. The molecule has 0 radical (unpaired) electrons. The van der Waals surface area contributed by atoms with Gasteiger partial charge in [-0.1, -0.05) is 24.9 Å². The summed E-state index contributed by atoms with van der Waals surface area (Å²) < 4.78 is 0. The van der Waals surface area contributed by atoms with Gasteiger partial charge in [-0.3, -0.25) is 4.98 Å². The number of hydrogen-bond acceptors (Lipinski definition) is 2. The summed E-state index contributed by atoms with van der Waals surface area (Å²) >= 11 is 11.8. The van der Waals surface area contributed by atoms with Crippen molar-refractivity contribution >= 4 is 23.2 Å². The van der Waals surface area contributed by atoms with Crippen molar-refractivity contribution in [1.29, 1.82) is 0 Å². The molecule has 0 fully saturated rings. The Bertz CT molecular complexity index is 305. The normalized spacial score (nSPS) is 12.7. The molecule has 1 N–H and O–H groups in total. The molecule has 4 heteroatoms. The molecule has 16 heavy (non-hydrogen) atoms. The molecule has 1 aromatic heterocycles. The van der Waals surface area contributed by atoms with Gasteiger partial charge < -0.3 is 5.32 Å². The van der Waals surface area contributed by atoms with Gasteiger partial charge in [-0.05, 0) is 30.5 Å². The Morgan fingerprint density at radius 1 is 1.50 bits per heavy atom. The van der Waals surface area contributed by atoms with E-state index in [0.29, 0.717) is 5.92 Å². The van der Waals surface area contributed by atoms with Gasteiger partial charge in [0.15, 0.2) is 0 Å². The van der Waals surface area contributed by atoms with E-state index in [1.54, 1.807) is 12.4 Å². The van der Waals surface area contributed by atoms with Crippen LogP contribution in [0.1, 0.15) is 25.3 Å². The van der Waals surface area contributed by atoms with Gasteiger partial charge in [0.2, 0.25) is 0 Å². The summed E-state index contributed by atoms with van der Waals surface area (Å²) in [5.41, 5.74) is 1.09. The van der Waals surface area contributed by atoms with E-state index in [1.807, 2.05) is 6.07 Å². The number of rotatable bonds is 7. The molecule has 1 atom stereocenters. The van der Waals surface area contributed by atoms with E-state index >= 15 is 0 Å². The Morgan fingerprint density at radius 3 is 2.94 bits per heavy atom. The maximum absolute atomic E-state index is 6.01. The summed E-state index contributed by atoms with van der Waals surface area (Å²) in [6, 6.07) is 1.94. The van der Waals surface area contributed by atoms with E-state index in [9.17, 15) is 0 Å². The summed E-state index contributed by atoms with van der Waals surface area (Å²) in [4.78, 5) is 3.96. The Hall–Kier alpha value is -0.310. The van der Waals surface area contributed by atoms with Crippen molar-refractivity contribution in [1.82, 2.24) is 10.3 Å². The first-order valence-corrected chi connectivity index (χ1v) is 6.54. The maximum atomic E-state index is 6.01. The van der Waals surface area contributed by atoms with Crippen LogP contribution in [0.4, 0.5) is 0 Å². The van der Waals surface area contributed by atoms with E-state index in [4.69, 9.17) is 23.2 Å². The van der Waals surface area contributed by atoms with E-state index in [0.717, 1.165) is 42.4 Å². The first-order chi connectivity index (χ1) is 7.77. The van der Waals surface area contributed by atoms with Crippen LogP contribution in [0.2, 0.25) is 5.02 Å². The molecule has 0 saturated heterocycles. The Balaban J connectivity index is 2.32. The van der Waals surface area contributed by atoms with Gasteiger partial charge in [0, 0.05) is 24.8 Å². The fourth-order valence-corrected chi connectivity index (χ4v) is 2.06. The highest BCUT2D eigenvalue weighted by atomic mass is 35.5. The number of halogens is 2. The highest BCUT2D eigenvalue weighted by Crippen LogP contribution is 2.13. The van der Waals surface area contributed by atoms with Gasteiger partial charge in [-0.2, -0.15) is 0 Å². The largest absolute Gasteiger partial charge is 0.312 e. The molecule has 90 valence electrons. The van der Waals surface area contributed by atoms with Gasteiger partial charge in [0.25, 0.3) is 0 Å². The Kier molecular flexibility index (Phi) is 6.78. The number of alkyl halides is 1. The molecule has 0 aliphatic carbocycles. The van der Waals surface area contributed by atoms with Crippen LogP contribution < -0.4 is 5.32 Å². The second kappa shape index (κ2) is 7.88. The smallest absolute Gasteiger partial charge is 0.0634 e. The molecule has 1 heterocycles. The lowest BCUT2D eigenvalue weighted by atomic mass is 10.0. The zero-order valence-electron chi connectivity index (χ0n) is 9.55. The molecule has 0 aromatic carbocycles. The zero-order chi connectivity index (χ0) is 11.8. The fraction of sp³-hybridized carbons (Fsp3) is 0.583. The lowest BCUT2D eigenvalue weighted by molar-refractivity contribution is 0.451. The quantitative estimate of drug-likeness (QED) is 0.760. The minimum absolute atomic E-state index is 0.651. The molecular formula is C12H18Cl2N2. The third kappa shape index (κ3) is 4.69. The highest BCUT2D eigenvalue weighted by molar-refractivity contribution is 6.31. The third-order valence-corrected chi connectivity index (χ3v) is 3.26. The van der Waals surface area contributed by atoms with Crippen molar-refractivity contribution in [2.75, 3.05) is 12.4 Å². The van der Waals surface area contributed by atoms with Crippen LogP contribution in [-0.2, 0) is 6.54 Å². The number of nitrogens with one attached hydrogen (secondary N) is 1. The lowest BCUT2D eigenvalue weighted by Gasteiger charge is -2.14. The van der Waals surface area contributed by atoms with E-state index in [2.05, 4.69) is 17.2 Å². The number of aromatic nitrogens is 1. The van der Waals surface area contributed by atoms with Gasteiger partial charge in [0.05, 0.1) is 5.02 Å². The SMILES string of the molecule is CCC(CCCl)CNCc1ccncc1Cl. The molecule has 0 aliphatic heterocycles. The summed E-state index contributed by atoms with van der Waals surface area (Å²) in [5.74, 6) is 1.38. The molecule has 0 saturated carbocycles. The summed E-state index contributed by atoms with van der Waals surface area (Å²) in [5, 5.41) is 4.13. The molecule has 1 rings (SSSR count). The van der Waals surface area contributed by atoms with Crippen LogP contribution in [0.3, 0.4) is 0 Å². The van der Waals surface area contributed by atoms with E-state index < -0.39 is 0 Å². The fourth-order valence-electron chi connectivity index (χ4n) is 1.56. The van der Waals surface area contributed by atoms with Crippen LogP contribution >= 0.6 is 23.2 Å². The standard InChI is InChI=1S/C12H18Cl2N2/c1-2-10(3-5-13)7-16-8-11-4-6-15-9-12(11)14/h4,6,9-10,16H,2-3,5,7-8H2,1H3. The second-order valence-corrected chi connectivity index (χ2v) is 4.64. The van der Waals surface area contributed by atoms with Crippen LogP contribution in [-0.4, -0.2) is 17.4 Å². The van der Waals surface area contributed by atoms with Gasteiger partial charge in [0.1, 0.15) is 0 Å². The molecule has 1 aromatic rings. The maximum Gasteiger partial charge on any atom is 0.0634 e. The van der Waals surface area contributed by atoms with Crippen molar-refractivity contribution in [3.63, 3.8) is 0 Å². The third-order valence-electron chi connectivity index (χ3n) is 2.70. The molecule has 2 nitrogen and oxygen atoms in total. The zero-order valence-corrected chi connectivity index (χ0v) is 11.1. The molecule has 0 amide bonds. The number of nitrogens with zero attached hydrogens (tertiary/aromatic N) is 1. The van der Waals surface area contributed by atoms with Crippen molar-refractivity contribution in [3.8, 4) is 0 Å². The minimum atomic E-state index is 0.651. The highest BCUT2D eigenvalue weighted by Gasteiger charge is 2.05. The average Bonchev–Trinajstić information content (AvgIpc) is 2.30. The molecule has 0 spiro atoms. The molecular weight excluding hydrogens is 243 g/mol. The van der Waals surface area contributed by atoms with Crippen LogP contribution in [0.5, 0.6) is 0 Å². The van der Waals surface area contributed by atoms with Crippen molar-refractivity contribution in [3.05, 3.63) is 29.0 Å². The van der Waals surface area contributed by atoms with Gasteiger partial charge >= 0.3 is 0 Å². The number of hydrogen-bond donors (Lipinski definition) is 1. The lowest BCUT2D eigenvalue weighted by Crippen LogP contribution is -2.22. The monoisotopic (exact) mass is 260 g/mol. The molecule has 0 aliphatic rings. The van der Waals surface area contributed by atoms with Gasteiger partial charge in [-0.15, -0.1) is 11.6 Å². The molecule has 1 unspecified atom stereocenters. The van der Waals surface area contributed by atoms with Crippen molar-refractivity contribution in [2.24, 2.45) is 5.92 Å². The van der Waals surface area contributed by atoms with Crippen molar-refractivity contribution in [2.45, 2.75) is 26.3 Å². The van der Waals surface area contributed by atoms with E-state index in [1.165, 1.54) is 0 Å². The predicted molar refractivity (Wildman–Crippen MR) is 70.1 cm³/mol. The Morgan fingerprint density at radius 2 is 2.31 bits per heavy atom. The summed E-state index contributed by atoms with van der Waals surface area (Å²) in [6.45, 7) is 3.97. The Labute approximate surface area is 107 Å². The van der Waals surface area contributed by atoms with Crippen LogP contribution in [0.25, 0.3) is 0 Å². The topological polar surface area (TPSA) is 24.9 Å². The average molecular weight is 261 g/mol. The predicted octanol–water partition coefficient (Wildman–Crippen LogP) is 3.48. The molecule has 0 bridgehead atoms. The summed E-state index contributed by atoms with van der Waals surface area (Å²) in [7, 11) is 0. The van der Waals surface area contributed by atoms with Crippen molar-refractivity contribution < 1.29 is 0 Å².